The molecule has 23 heavy (non-hydrogen) atoms. The summed E-state index contributed by atoms with van der Waals surface area (Å²) in [5, 5.41) is 0. The molecule has 0 aliphatic rings. The highest BCUT2D eigenvalue weighted by atomic mass is 16.6. The van der Waals surface area contributed by atoms with E-state index >= 15 is 0 Å². The van der Waals surface area contributed by atoms with Crippen LogP contribution >= 0.6 is 0 Å². The minimum atomic E-state index is -0.490. The van der Waals surface area contributed by atoms with Gasteiger partial charge >= 0.3 is 11.9 Å². The fourth-order valence-corrected chi connectivity index (χ4v) is 1.97. The van der Waals surface area contributed by atoms with Crippen molar-refractivity contribution in [2.24, 2.45) is 0 Å². The quantitative estimate of drug-likeness (QED) is 0.412. The summed E-state index contributed by atoms with van der Waals surface area (Å²) in [6, 6.07) is 7.41. The summed E-state index contributed by atoms with van der Waals surface area (Å²) in [5.74, 6) is -0.501. The summed E-state index contributed by atoms with van der Waals surface area (Å²) in [6.45, 7) is 9.31. The van der Waals surface area contributed by atoms with Gasteiger partial charge in [-0.1, -0.05) is 24.8 Å². The monoisotopic (exact) mass is 318 g/mol. The number of hydrogen-bond donors (Lipinski definition) is 0. The second-order valence-corrected chi connectivity index (χ2v) is 6.38. The van der Waals surface area contributed by atoms with Crippen molar-refractivity contribution in [3.63, 3.8) is 0 Å². The van der Waals surface area contributed by atoms with Crippen molar-refractivity contribution in [3.8, 4) is 0 Å². The first-order chi connectivity index (χ1) is 10.8. The van der Waals surface area contributed by atoms with Gasteiger partial charge in [-0.2, -0.15) is 0 Å². The lowest BCUT2D eigenvalue weighted by atomic mass is 10.0. The molecule has 1 rings (SSSR count). The van der Waals surface area contributed by atoms with Gasteiger partial charge in [-0.05, 0) is 57.7 Å². The molecule has 4 nitrogen and oxygen atoms in total. The zero-order valence-electron chi connectivity index (χ0n) is 14.3. The molecular formula is C19H26O4. The Hall–Kier alpha value is -2.10. The molecule has 0 N–H and O–H groups in total. The van der Waals surface area contributed by atoms with Gasteiger partial charge in [-0.15, -0.1) is 0 Å². The van der Waals surface area contributed by atoms with E-state index in [1.807, 2.05) is 32.9 Å². The van der Waals surface area contributed by atoms with Gasteiger partial charge in [-0.25, -0.2) is 4.79 Å². The van der Waals surface area contributed by atoms with Gasteiger partial charge < -0.3 is 9.47 Å². The summed E-state index contributed by atoms with van der Waals surface area (Å²) in [7, 11) is 0. The van der Waals surface area contributed by atoms with Crippen molar-refractivity contribution < 1.29 is 19.1 Å². The zero-order valence-corrected chi connectivity index (χ0v) is 14.3. The van der Waals surface area contributed by atoms with E-state index < -0.39 is 5.60 Å². The highest BCUT2D eigenvalue weighted by molar-refractivity contribution is 5.89. The number of hydrogen-bond acceptors (Lipinski definition) is 4. The van der Waals surface area contributed by atoms with E-state index in [4.69, 9.17) is 9.47 Å². The van der Waals surface area contributed by atoms with Gasteiger partial charge in [0.25, 0.3) is 0 Å². The number of rotatable bonds is 8. The Kier molecular flexibility index (Phi) is 7.52. The minimum Gasteiger partial charge on any atom is -0.461 e. The first-order valence-electron chi connectivity index (χ1n) is 7.90. The number of unbranched alkanes of at least 4 members (excludes halogenated alkanes) is 1. The second-order valence-electron chi connectivity index (χ2n) is 6.38. The standard InChI is InChI=1S/C19H26O4/c1-5-14-22-17(20)9-7-6-8-15-10-12-16(13-11-15)18(21)23-19(2,3)4/h5,10-13H,1,6-9,14H2,2-4H3. The molecule has 0 saturated heterocycles. The largest absolute Gasteiger partial charge is 0.461 e. The zero-order chi connectivity index (χ0) is 17.3. The molecule has 0 saturated carbocycles. The highest BCUT2D eigenvalue weighted by Gasteiger charge is 2.17. The molecule has 0 fully saturated rings. The Bertz CT molecular complexity index is 523. The fraction of sp³-hybridized carbons (Fsp3) is 0.474. The van der Waals surface area contributed by atoms with E-state index in [0.717, 1.165) is 24.8 Å². The molecule has 0 unspecified atom stereocenters. The Morgan fingerprint density at radius 3 is 2.35 bits per heavy atom. The summed E-state index contributed by atoms with van der Waals surface area (Å²) >= 11 is 0. The first-order valence-corrected chi connectivity index (χ1v) is 7.90. The molecular weight excluding hydrogens is 292 g/mol. The Morgan fingerprint density at radius 1 is 1.13 bits per heavy atom. The SMILES string of the molecule is C=CCOC(=O)CCCCc1ccc(C(=O)OC(C)(C)C)cc1. The fourth-order valence-electron chi connectivity index (χ4n) is 1.97. The van der Waals surface area contributed by atoms with Crippen molar-refractivity contribution >= 4 is 11.9 Å². The van der Waals surface area contributed by atoms with Crippen molar-refractivity contribution in [1.82, 2.24) is 0 Å². The maximum absolute atomic E-state index is 11.9. The second kappa shape index (κ2) is 9.13. The molecule has 4 heteroatoms. The average Bonchev–Trinajstić information content (AvgIpc) is 2.48. The van der Waals surface area contributed by atoms with Crippen LogP contribution in [0.2, 0.25) is 0 Å². The van der Waals surface area contributed by atoms with E-state index in [9.17, 15) is 9.59 Å². The predicted molar refractivity (Wildman–Crippen MR) is 90.3 cm³/mol. The maximum Gasteiger partial charge on any atom is 0.338 e. The molecule has 1 aromatic rings. The van der Waals surface area contributed by atoms with Crippen molar-refractivity contribution in [2.45, 2.75) is 52.1 Å². The van der Waals surface area contributed by atoms with Crippen molar-refractivity contribution in [2.75, 3.05) is 6.61 Å². The van der Waals surface area contributed by atoms with Gasteiger partial charge in [0.1, 0.15) is 12.2 Å². The van der Waals surface area contributed by atoms with E-state index in [1.165, 1.54) is 0 Å². The van der Waals surface area contributed by atoms with Crippen LogP contribution in [0.5, 0.6) is 0 Å². The minimum absolute atomic E-state index is 0.190. The average molecular weight is 318 g/mol. The van der Waals surface area contributed by atoms with Gasteiger partial charge in [-0.3, -0.25) is 4.79 Å². The normalized spacial score (nSPS) is 10.9. The molecule has 0 aliphatic heterocycles. The molecule has 0 heterocycles. The van der Waals surface area contributed by atoms with Gasteiger partial charge in [0.2, 0.25) is 0 Å². The Balaban J connectivity index is 2.35. The van der Waals surface area contributed by atoms with Crippen LogP contribution in [0.15, 0.2) is 36.9 Å². The summed E-state index contributed by atoms with van der Waals surface area (Å²) in [5.41, 5.74) is 1.20. The molecule has 0 bridgehead atoms. The molecule has 126 valence electrons. The van der Waals surface area contributed by atoms with Crippen molar-refractivity contribution in [1.29, 1.82) is 0 Å². The lowest BCUT2D eigenvalue weighted by Gasteiger charge is -2.19. The maximum atomic E-state index is 11.9. The number of aryl methyl sites for hydroxylation is 1. The predicted octanol–water partition coefficient (Wildman–Crippen LogP) is 4.08. The smallest absolute Gasteiger partial charge is 0.338 e. The highest BCUT2D eigenvalue weighted by Crippen LogP contribution is 2.14. The topological polar surface area (TPSA) is 52.6 Å². The van der Waals surface area contributed by atoms with E-state index in [2.05, 4.69) is 6.58 Å². The van der Waals surface area contributed by atoms with Gasteiger partial charge in [0, 0.05) is 6.42 Å². The van der Waals surface area contributed by atoms with Gasteiger partial charge in [0.05, 0.1) is 5.56 Å². The number of carbonyl (C=O) groups is 2. The van der Waals surface area contributed by atoms with E-state index in [1.54, 1.807) is 18.2 Å². The third-order valence-corrected chi connectivity index (χ3v) is 3.05. The number of carbonyl (C=O) groups excluding carboxylic acids is 2. The van der Waals surface area contributed by atoms with E-state index in [-0.39, 0.29) is 18.5 Å². The molecule has 1 aromatic carbocycles. The summed E-state index contributed by atoms with van der Waals surface area (Å²) in [4.78, 5) is 23.2. The lowest BCUT2D eigenvalue weighted by Crippen LogP contribution is -2.23. The molecule has 0 atom stereocenters. The van der Waals surface area contributed by atoms with Crippen LogP contribution in [0, 0.1) is 0 Å². The molecule has 0 radical (unpaired) electrons. The number of benzene rings is 1. The van der Waals surface area contributed by atoms with Crippen LogP contribution < -0.4 is 0 Å². The number of ether oxygens (including phenoxy) is 2. The third-order valence-electron chi connectivity index (χ3n) is 3.05. The summed E-state index contributed by atoms with van der Waals surface area (Å²) < 4.78 is 10.2. The molecule has 0 aromatic heterocycles. The summed E-state index contributed by atoms with van der Waals surface area (Å²) in [6.07, 6.45) is 4.52. The van der Waals surface area contributed by atoms with Crippen LogP contribution in [0.3, 0.4) is 0 Å². The molecule has 0 aliphatic carbocycles. The Morgan fingerprint density at radius 2 is 1.78 bits per heavy atom. The lowest BCUT2D eigenvalue weighted by molar-refractivity contribution is -0.142. The molecule has 0 spiro atoms. The number of esters is 2. The van der Waals surface area contributed by atoms with E-state index in [0.29, 0.717) is 12.0 Å². The third kappa shape index (κ3) is 8.19. The van der Waals surface area contributed by atoms with Crippen LogP contribution in [0.1, 0.15) is 56.0 Å². The van der Waals surface area contributed by atoms with Crippen LogP contribution in [0.4, 0.5) is 0 Å². The van der Waals surface area contributed by atoms with Gasteiger partial charge in [0.15, 0.2) is 0 Å². The van der Waals surface area contributed by atoms with Crippen molar-refractivity contribution in [3.05, 3.63) is 48.0 Å². The first kappa shape index (κ1) is 18.9. The van der Waals surface area contributed by atoms with Crippen LogP contribution in [0.25, 0.3) is 0 Å². The van der Waals surface area contributed by atoms with Crippen LogP contribution in [-0.2, 0) is 20.7 Å². The molecule has 0 amide bonds. The van der Waals surface area contributed by atoms with Crippen LogP contribution in [-0.4, -0.2) is 24.1 Å². The Labute approximate surface area is 138 Å².